The lowest BCUT2D eigenvalue weighted by Gasteiger charge is -2.19. The summed E-state index contributed by atoms with van der Waals surface area (Å²) in [5.74, 6) is 0. The Balaban J connectivity index is 2.33. The highest BCUT2D eigenvalue weighted by Crippen LogP contribution is 2.29. The van der Waals surface area contributed by atoms with Gasteiger partial charge >= 0.3 is 0 Å². The molecule has 0 atom stereocenters. The topological polar surface area (TPSA) is 15.3 Å². The number of nitrogens with zero attached hydrogens (tertiary/aromatic N) is 1. The third-order valence-electron chi connectivity index (χ3n) is 2.20. The normalized spacial score (nSPS) is 15.4. The molecule has 1 aliphatic heterocycles. The fraction of sp³-hybridized carbons (Fsp3) is 0.200. The van der Waals surface area contributed by atoms with Gasteiger partial charge in [0.15, 0.2) is 0 Å². The predicted molar refractivity (Wildman–Crippen MR) is 60.7 cm³/mol. The van der Waals surface area contributed by atoms with Gasteiger partial charge in [-0.05, 0) is 25.1 Å². The van der Waals surface area contributed by atoms with Crippen LogP contribution in [0, 0.1) is 0 Å². The van der Waals surface area contributed by atoms with E-state index in [4.69, 9.17) is 23.2 Å². The molecule has 2 nitrogen and oxygen atoms in total. The first-order valence-corrected chi connectivity index (χ1v) is 5.07. The molecule has 1 aromatic rings. The maximum absolute atomic E-state index is 5.94. The first-order valence-electron chi connectivity index (χ1n) is 4.31. The lowest BCUT2D eigenvalue weighted by Crippen LogP contribution is -2.22. The molecule has 2 rings (SSSR count). The Morgan fingerprint density at radius 1 is 1.29 bits per heavy atom. The third-order valence-corrected chi connectivity index (χ3v) is 2.94. The Morgan fingerprint density at radius 3 is 2.64 bits per heavy atom. The zero-order valence-corrected chi connectivity index (χ0v) is 9.23. The van der Waals surface area contributed by atoms with Gasteiger partial charge in [0.2, 0.25) is 0 Å². The number of allylic oxidation sites excluding steroid dienone is 1. The van der Waals surface area contributed by atoms with Crippen molar-refractivity contribution in [2.45, 2.75) is 6.92 Å². The highest BCUT2D eigenvalue weighted by Gasteiger charge is 2.13. The average Bonchev–Trinajstić information content (AvgIpc) is 2.57. The molecule has 0 unspecified atom stereocenters. The Morgan fingerprint density at radius 2 is 2.07 bits per heavy atom. The zero-order chi connectivity index (χ0) is 10.1. The van der Waals surface area contributed by atoms with Crippen molar-refractivity contribution >= 4 is 28.9 Å². The van der Waals surface area contributed by atoms with E-state index in [-0.39, 0.29) is 0 Å². The number of benzene rings is 1. The highest BCUT2D eigenvalue weighted by atomic mass is 35.5. The van der Waals surface area contributed by atoms with E-state index in [0.717, 1.165) is 12.4 Å². The summed E-state index contributed by atoms with van der Waals surface area (Å²) in [5, 5.41) is 4.32. The lowest BCUT2D eigenvalue weighted by molar-refractivity contribution is 0.887. The van der Waals surface area contributed by atoms with Crippen molar-refractivity contribution in [2.75, 3.05) is 11.6 Å². The van der Waals surface area contributed by atoms with Crippen molar-refractivity contribution in [2.24, 2.45) is 0 Å². The smallest absolute Gasteiger partial charge is 0.0918 e. The van der Waals surface area contributed by atoms with Crippen LogP contribution < -0.4 is 10.2 Å². The van der Waals surface area contributed by atoms with E-state index in [1.54, 1.807) is 0 Å². The summed E-state index contributed by atoms with van der Waals surface area (Å²) in [4.78, 5) is 2.13. The Hall–Kier alpha value is -0.860. The summed E-state index contributed by atoms with van der Waals surface area (Å²) in [6.07, 6.45) is 1.97. The number of hydrogen-bond donors (Lipinski definition) is 1. The zero-order valence-electron chi connectivity index (χ0n) is 7.72. The molecule has 0 saturated heterocycles. The largest absolute Gasteiger partial charge is 0.372 e. The monoisotopic (exact) mass is 228 g/mol. The number of halogens is 2. The van der Waals surface area contributed by atoms with Gasteiger partial charge in [0.1, 0.15) is 0 Å². The fourth-order valence-corrected chi connectivity index (χ4v) is 1.73. The Labute approximate surface area is 93.1 Å². The van der Waals surface area contributed by atoms with Crippen LogP contribution in [0.25, 0.3) is 0 Å². The van der Waals surface area contributed by atoms with E-state index in [1.807, 2.05) is 31.3 Å². The molecule has 0 aliphatic carbocycles. The Kier molecular flexibility index (Phi) is 2.57. The summed E-state index contributed by atoms with van der Waals surface area (Å²) in [5.41, 5.74) is 2.22. The second-order valence-corrected chi connectivity index (χ2v) is 3.99. The first kappa shape index (κ1) is 9.69. The van der Waals surface area contributed by atoms with Crippen LogP contribution in [0.4, 0.5) is 5.69 Å². The number of anilines is 1. The van der Waals surface area contributed by atoms with Gasteiger partial charge in [0, 0.05) is 17.6 Å². The third kappa shape index (κ3) is 1.68. The minimum Gasteiger partial charge on any atom is -0.372 e. The summed E-state index contributed by atoms with van der Waals surface area (Å²) in [6, 6.07) is 5.64. The van der Waals surface area contributed by atoms with Crippen molar-refractivity contribution in [1.82, 2.24) is 5.32 Å². The maximum Gasteiger partial charge on any atom is 0.0918 e. The predicted octanol–water partition coefficient (Wildman–Crippen LogP) is 3.22. The molecule has 74 valence electrons. The quantitative estimate of drug-likeness (QED) is 0.795. The summed E-state index contributed by atoms with van der Waals surface area (Å²) >= 11 is 11.8. The minimum absolute atomic E-state index is 0.587. The van der Waals surface area contributed by atoms with Crippen LogP contribution in [0.2, 0.25) is 10.0 Å². The van der Waals surface area contributed by atoms with Crippen LogP contribution in [0.3, 0.4) is 0 Å². The van der Waals surface area contributed by atoms with E-state index in [2.05, 4.69) is 10.2 Å². The second kappa shape index (κ2) is 3.71. The molecule has 0 fully saturated rings. The van der Waals surface area contributed by atoms with Gasteiger partial charge in [-0.1, -0.05) is 23.2 Å². The molecule has 1 aliphatic rings. The summed E-state index contributed by atoms with van der Waals surface area (Å²) in [7, 11) is 0. The molecular formula is C10H10Cl2N2. The molecular weight excluding hydrogens is 219 g/mol. The van der Waals surface area contributed by atoms with Crippen molar-refractivity contribution < 1.29 is 0 Å². The van der Waals surface area contributed by atoms with Crippen molar-refractivity contribution in [3.05, 3.63) is 40.1 Å². The summed E-state index contributed by atoms with van der Waals surface area (Å²) in [6.45, 7) is 2.83. The number of hydrogen-bond acceptors (Lipinski definition) is 2. The molecule has 1 heterocycles. The van der Waals surface area contributed by atoms with Gasteiger partial charge in [-0.3, -0.25) is 0 Å². The average molecular weight is 229 g/mol. The molecule has 0 bridgehead atoms. The van der Waals surface area contributed by atoms with Crippen LogP contribution >= 0.6 is 23.2 Å². The van der Waals surface area contributed by atoms with Crippen LogP contribution in [-0.2, 0) is 0 Å². The van der Waals surface area contributed by atoms with E-state index in [0.29, 0.717) is 10.0 Å². The van der Waals surface area contributed by atoms with Crippen LogP contribution in [0.15, 0.2) is 30.1 Å². The van der Waals surface area contributed by atoms with Gasteiger partial charge in [0.25, 0.3) is 0 Å². The second-order valence-electron chi connectivity index (χ2n) is 3.17. The standard InChI is InChI=1S/C10H10Cl2N2/c1-7-5-13-6-14(7)8-2-3-9(11)10(12)4-8/h2-5,13H,6H2,1H3. The maximum atomic E-state index is 5.94. The minimum atomic E-state index is 0.587. The molecule has 0 radical (unpaired) electrons. The number of rotatable bonds is 1. The van der Waals surface area contributed by atoms with Gasteiger partial charge < -0.3 is 10.2 Å². The molecule has 0 amide bonds. The van der Waals surface area contributed by atoms with Crippen molar-refractivity contribution in [1.29, 1.82) is 0 Å². The van der Waals surface area contributed by atoms with Gasteiger partial charge in [-0.2, -0.15) is 0 Å². The fourth-order valence-electron chi connectivity index (χ4n) is 1.44. The SMILES string of the molecule is CC1=CNCN1c1ccc(Cl)c(Cl)c1. The molecule has 0 saturated carbocycles. The van der Waals surface area contributed by atoms with Crippen LogP contribution in [-0.4, -0.2) is 6.67 Å². The van der Waals surface area contributed by atoms with E-state index < -0.39 is 0 Å². The van der Waals surface area contributed by atoms with Gasteiger partial charge in [0.05, 0.1) is 16.7 Å². The molecule has 1 N–H and O–H groups in total. The van der Waals surface area contributed by atoms with Gasteiger partial charge in [-0.15, -0.1) is 0 Å². The van der Waals surface area contributed by atoms with E-state index >= 15 is 0 Å². The molecule has 0 spiro atoms. The molecule has 14 heavy (non-hydrogen) atoms. The lowest BCUT2D eigenvalue weighted by atomic mass is 10.3. The van der Waals surface area contributed by atoms with Crippen LogP contribution in [0.1, 0.15) is 6.92 Å². The highest BCUT2D eigenvalue weighted by molar-refractivity contribution is 6.42. The first-order chi connectivity index (χ1) is 6.68. The molecule has 0 aromatic heterocycles. The van der Waals surface area contributed by atoms with E-state index in [1.165, 1.54) is 5.70 Å². The molecule has 4 heteroatoms. The summed E-state index contributed by atoms with van der Waals surface area (Å²) < 4.78 is 0. The van der Waals surface area contributed by atoms with E-state index in [9.17, 15) is 0 Å². The van der Waals surface area contributed by atoms with Crippen LogP contribution in [0.5, 0.6) is 0 Å². The van der Waals surface area contributed by atoms with Crippen molar-refractivity contribution in [3.8, 4) is 0 Å². The number of nitrogens with one attached hydrogen (secondary N) is 1. The molecule has 1 aromatic carbocycles. The van der Waals surface area contributed by atoms with Gasteiger partial charge in [-0.25, -0.2) is 0 Å². The Bertz CT molecular complexity index is 388. The van der Waals surface area contributed by atoms with Crippen molar-refractivity contribution in [3.63, 3.8) is 0 Å².